The van der Waals surface area contributed by atoms with Crippen molar-refractivity contribution in [2.75, 3.05) is 6.54 Å². The number of rotatable bonds is 3. The van der Waals surface area contributed by atoms with Crippen LogP contribution in [0.5, 0.6) is 0 Å². The van der Waals surface area contributed by atoms with Gasteiger partial charge in [0, 0.05) is 17.1 Å². The van der Waals surface area contributed by atoms with E-state index in [1.54, 1.807) is 4.90 Å². The number of hydrogen-bond acceptors (Lipinski definition) is 1. The van der Waals surface area contributed by atoms with Gasteiger partial charge in [0.25, 0.3) is 5.91 Å². The molecule has 1 aliphatic carbocycles. The highest BCUT2D eigenvalue weighted by Gasteiger charge is 2.28. The van der Waals surface area contributed by atoms with Gasteiger partial charge in [0.05, 0.1) is 0 Å². The van der Waals surface area contributed by atoms with Gasteiger partial charge in [-0.25, -0.2) is 8.78 Å². The summed E-state index contributed by atoms with van der Waals surface area (Å²) in [5.41, 5.74) is -0.444. The molecule has 0 unspecified atom stereocenters. The third-order valence-electron chi connectivity index (χ3n) is 3.84. The molecule has 1 amide bonds. The van der Waals surface area contributed by atoms with E-state index in [-0.39, 0.29) is 6.04 Å². The minimum absolute atomic E-state index is 0.101. The van der Waals surface area contributed by atoms with Gasteiger partial charge >= 0.3 is 0 Å². The summed E-state index contributed by atoms with van der Waals surface area (Å²) >= 11 is 3.02. The van der Waals surface area contributed by atoms with E-state index in [0.717, 1.165) is 37.8 Å². The van der Waals surface area contributed by atoms with Crippen LogP contribution in [0.1, 0.15) is 49.4 Å². The zero-order valence-corrected chi connectivity index (χ0v) is 13.1. The van der Waals surface area contributed by atoms with E-state index in [9.17, 15) is 13.6 Å². The summed E-state index contributed by atoms with van der Waals surface area (Å²) in [6.45, 7) is 2.32. The maximum Gasteiger partial charge on any atom is 0.260 e. The largest absolute Gasteiger partial charge is 0.336 e. The molecule has 0 aromatic heterocycles. The van der Waals surface area contributed by atoms with Crippen molar-refractivity contribution in [2.45, 2.75) is 45.1 Å². The van der Waals surface area contributed by atoms with Gasteiger partial charge in [0.1, 0.15) is 17.2 Å². The van der Waals surface area contributed by atoms with Gasteiger partial charge in [-0.15, -0.1) is 0 Å². The zero-order chi connectivity index (χ0) is 14.7. The molecule has 20 heavy (non-hydrogen) atoms. The number of carbonyl (C=O) groups excluding carboxylic acids is 1. The van der Waals surface area contributed by atoms with Gasteiger partial charge in [-0.05, 0) is 31.9 Å². The summed E-state index contributed by atoms with van der Waals surface area (Å²) in [4.78, 5) is 14.1. The van der Waals surface area contributed by atoms with Crippen molar-refractivity contribution < 1.29 is 13.6 Å². The molecule has 0 spiro atoms. The molecule has 1 aliphatic rings. The Hall–Kier alpha value is -0.970. The van der Waals surface area contributed by atoms with E-state index in [1.807, 2.05) is 6.92 Å². The summed E-state index contributed by atoms with van der Waals surface area (Å²) in [5.74, 6) is -2.16. The molecule has 2 rings (SSSR count). The van der Waals surface area contributed by atoms with Gasteiger partial charge in [0.15, 0.2) is 0 Å². The quantitative estimate of drug-likeness (QED) is 0.788. The third kappa shape index (κ3) is 3.19. The van der Waals surface area contributed by atoms with Gasteiger partial charge in [0.2, 0.25) is 0 Å². The Kier molecular flexibility index (Phi) is 5.13. The highest BCUT2D eigenvalue weighted by atomic mass is 79.9. The summed E-state index contributed by atoms with van der Waals surface area (Å²) in [6, 6.07) is 2.36. The lowest BCUT2D eigenvalue weighted by Crippen LogP contribution is -2.42. The molecule has 1 fully saturated rings. The predicted octanol–water partition coefficient (Wildman–Crippen LogP) is 4.52. The Balaban J connectivity index is 2.28. The average molecular weight is 346 g/mol. The van der Waals surface area contributed by atoms with Crippen LogP contribution in [0, 0.1) is 11.6 Å². The molecule has 0 heterocycles. The first-order valence-corrected chi connectivity index (χ1v) is 7.79. The predicted molar refractivity (Wildman–Crippen MR) is 77.6 cm³/mol. The smallest absolute Gasteiger partial charge is 0.260 e. The molecule has 1 saturated carbocycles. The maximum absolute atomic E-state index is 13.9. The molecule has 1 aromatic carbocycles. The Morgan fingerprint density at radius 1 is 1.25 bits per heavy atom. The van der Waals surface area contributed by atoms with Crippen molar-refractivity contribution in [3.8, 4) is 0 Å². The molecule has 0 saturated heterocycles. The summed E-state index contributed by atoms with van der Waals surface area (Å²) in [5, 5.41) is 0. The number of benzene rings is 1. The average Bonchev–Trinajstić information content (AvgIpc) is 2.39. The molecular formula is C15H18BrF2NO. The number of amides is 1. The summed E-state index contributed by atoms with van der Waals surface area (Å²) < 4.78 is 28.1. The van der Waals surface area contributed by atoms with Gasteiger partial charge < -0.3 is 4.90 Å². The van der Waals surface area contributed by atoms with Crippen LogP contribution in [0.15, 0.2) is 16.6 Å². The molecule has 1 aromatic rings. The fourth-order valence-electron chi connectivity index (χ4n) is 2.85. The zero-order valence-electron chi connectivity index (χ0n) is 11.5. The molecule has 0 radical (unpaired) electrons. The fraction of sp³-hybridized carbons (Fsp3) is 0.533. The van der Waals surface area contributed by atoms with Crippen LogP contribution in [0.3, 0.4) is 0 Å². The lowest BCUT2D eigenvalue weighted by atomic mass is 9.93. The SMILES string of the molecule is CCN(C(=O)c1c(F)cc(Br)cc1F)C1CCCCC1. The number of nitrogens with zero attached hydrogens (tertiary/aromatic N) is 1. The molecule has 110 valence electrons. The molecule has 0 N–H and O–H groups in total. The van der Waals surface area contributed by atoms with Crippen LogP contribution in [-0.2, 0) is 0 Å². The molecule has 0 aliphatic heterocycles. The van der Waals surface area contributed by atoms with E-state index >= 15 is 0 Å². The van der Waals surface area contributed by atoms with Crippen molar-refractivity contribution in [3.05, 3.63) is 33.8 Å². The van der Waals surface area contributed by atoms with E-state index in [2.05, 4.69) is 15.9 Å². The molecule has 2 nitrogen and oxygen atoms in total. The first-order valence-electron chi connectivity index (χ1n) is 7.00. The van der Waals surface area contributed by atoms with Crippen molar-refractivity contribution in [3.63, 3.8) is 0 Å². The van der Waals surface area contributed by atoms with Crippen LogP contribution in [-0.4, -0.2) is 23.4 Å². The van der Waals surface area contributed by atoms with Crippen molar-refractivity contribution >= 4 is 21.8 Å². The maximum atomic E-state index is 13.9. The van der Waals surface area contributed by atoms with Crippen LogP contribution < -0.4 is 0 Å². The first-order chi connectivity index (χ1) is 9.54. The van der Waals surface area contributed by atoms with E-state index in [4.69, 9.17) is 0 Å². The second kappa shape index (κ2) is 6.66. The number of halogens is 3. The number of hydrogen-bond donors (Lipinski definition) is 0. The van der Waals surface area contributed by atoms with Crippen LogP contribution >= 0.6 is 15.9 Å². The minimum atomic E-state index is -0.809. The Bertz CT molecular complexity index is 478. The minimum Gasteiger partial charge on any atom is -0.336 e. The summed E-state index contributed by atoms with van der Waals surface area (Å²) in [6.07, 6.45) is 5.14. The molecule has 0 atom stereocenters. The molecular weight excluding hydrogens is 328 g/mol. The van der Waals surface area contributed by atoms with Crippen molar-refractivity contribution in [2.24, 2.45) is 0 Å². The topological polar surface area (TPSA) is 20.3 Å². The van der Waals surface area contributed by atoms with Gasteiger partial charge in [-0.3, -0.25) is 4.79 Å². The molecule has 0 bridgehead atoms. The van der Waals surface area contributed by atoms with Gasteiger partial charge in [-0.2, -0.15) is 0 Å². The van der Waals surface area contributed by atoms with Crippen LogP contribution in [0.4, 0.5) is 8.78 Å². The van der Waals surface area contributed by atoms with Gasteiger partial charge in [-0.1, -0.05) is 35.2 Å². The van der Waals surface area contributed by atoms with E-state index in [1.165, 1.54) is 6.42 Å². The first kappa shape index (κ1) is 15.4. The van der Waals surface area contributed by atoms with Crippen molar-refractivity contribution in [1.29, 1.82) is 0 Å². The Morgan fingerprint density at radius 2 is 1.80 bits per heavy atom. The summed E-state index contributed by atoms with van der Waals surface area (Å²) in [7, 11) is 0. The van der Waals surface area contributed by atoms with E-state index < -0.39 is 23.1 Å². The molecule has 5 heteroatoms. The van der Waals surface area contributed by atoms with Crippen LogP contribution in [0.25, 0.3) is 0 Å². The lowest BCUT2D eigenvalue weighted by molar-refractivity contribution is 0.0638. The second-order valence-corrected chi connectivity index (χ2v) is 6.04. The van der Waals surface area contributed by atoms with Crippen molar-refractivity contribution in [1.82, 2.24) is 4.90 Å². The Morgan fingerprint density at radius 3 is 2.30 bits per heavy atom. The monoisotopic (exact) mass is 345 g/mol. The van der Waals surface area contributed by atoms with Crippen LogP contribution in [0.2, 0.25) is 0 Å². The third-order valence-corrected chi connectivity index (χ3v) is 4.30. The van der Waals surface area contributed by atoms with E-state index in [0.29, 0.717) is 11.0 Å². The lowest BCUT2D eigenvalue weighted by Gasteiger charge is -2.33. The highest BCUT2D eigenvalue weighted by molar-refractivity contribution is 9.10. The second-order valence-electron chi connectivity index (χ2n) is 5.13. The number of carbonyl (C=O) groups is 1. The highest BCUT2D eigenvalue weighted by Crippen LogP contribution is 2.26. The normalized spacial score (nSPS) is 16.2. The fourth-order valence-corrected chi connectivity index (χ4v) is 3.25. The Labute approximate surface area is 126 Å². The standard InChI is InChI=1S/C15H18BrF2NO/c1-2-19(11-6-4-3-5-7-11)15(20)14-12(17)8-10(16)9-13(14)18/h8-9,11H,2-7H2,1H3.